The summed E-state index contributed by atoms with van der Waals surface area (Å²) in [6.45, 7) is 0. The molecule has 0 aliphatic heterocycles. The number of anilines is 1. The number of nitrogens with zero attached hydrogens (tertiary/aromatic N) is 2. The van der Waals surface area contributed by atoms with Gasteiger partial charge in [0, 0.05) is 23.2 Å². The first-order valence-electron chi connectivity index (χ1n) is 4.48. The van der Waals surface area contributed by atoms with Crippen molar-refractivity contribution in [2.45, 2.75) is 0 Å². The molecule has 0 saturated carbocycles. The summed E-state index contributed by atoms with van der Waals surface area (Å²) in [7, 11) is 0. The summed E-state index contributed by atoms with van der Waals surface area (Å²) in [5, 5.41) is 7.95. The van der Waals surface area contributed by atoms with Crippen molar-refractivity contribution in [1.82, 2.24) is 14.6 Å². The van der Waals surface area contributed by atoms with E-state index in [-0.39, 0.29) is 0 Å². The number of hydrogen-bond acceptors (Lipinski definition) is 4. The third-order valence-corrected chi connectivity index (χ3v) is 3.03. The van der Waals surface area contributed by atoms with E-state index in [1.807, 2.05) is 24.4 Å². The molecule has 0 saturated heterocycles. The fourth-order valence-electron chi connectivity index (χ4n) is 1.51. The van der Waals surface area contributed by atoms with Crippen LogP contribution in [0.4, 0.5) is 5.82 Å². The van der Waals surface area contributed by atoms with Gasteiger partial charge in [-0.3, -0.25) is 5.10 Å². The van der Waals surface area contributed by atoms with Crippen molar-refractivity contribution in [2.24, 2.45) is 0 Å². The third kappa shape index (κ3) is 1.37. The highest BCUT2D eigenvalue weighted by Gasteiger charge is 2.03. The number of aromatic nitrogens is 3. The van der Waals surface area contributed by atoms with E-state index in [0.29, 0.717) is 5.82 Å². The summed E-state index contributed by atoms with van der Waals surface area (Å²) >= 11 is 1.49. The minimum atomic E-state index is 0.509. The van der Waals surface area contributed by atoms with Crippen molar-refractivity contribution in [1.29, 1.82) is 0 Å². The Hall–Kier alpha value is -1.88. The van der Waals surface area contributed by atoms with Crippen LogP contribution in [0.15, 0.2) is 30.5 Å². The zero-order valence-corrected chi connectivity index (χ0v) is 8.58. The van der Waals surface area contributed by atoms with Gasteiger partial charge in [-0.05, 0) is 17.6 Å². The monoisotopic (exact) mass is 216 g/mol. The molecule has 15 heavy (non-hydrogen) atoms. The highest BCUT2D eigenvalue weighted by atomic mass is 32.1. The van der Waals surface area contributed by atoms with Crippen LogP contribution in [0, 0.1) is 0 Å². The molecule has 4 nitrogen and oxygen atoms in total. The minimum Gasteiger partial charge on any atom is -0.382 e. The van der Waals surface area contributed by atoms with Crippen LogP contribution < -0.4 is 5.73 Å². The first-order chi connectivity index (χ1) is 7.33. The SMILES string of the molecule is Nc1cc(-c2ccc3cnsc3c2)[nH]n1. The van der Waals surface area contributed by atoms with Crippen LogP contribution in [-0.4, -0.2) is 14.6 Å². The van der Waals surface area contributed by atoms with Gasteiger partial charge in [-0.25, -0.2) is 0 Å². The lowest BCUT2D eigenvalue weighted by Gasteiger charge is -1.96. The maximum Gasteiger partial charge on any atom is 0.145 e. The van der Waals surface area contributed by atoms with E-state index in [9.17, 15) is 0 Å². The fourth-order valence-corrected chi connectivity index (χ4v) is 2.20. The van der Waals surface area contributed by atoms with Gasteiger partial charge in [-0.15, -0.1) is 0 Å². The van der Waals surface area contributed by atoms with Gasteiger partial charge < -0.3 is 5.73 Å². The Balaban J connectivity index is 2.18. The van der Waals surface area contributed by atoms with E-state index >= 15 is 0 Å². The van der Waals surface area contributed by atoms with Gasteiger partial charge in [0.2, 0.25) is 0 Å². The van der Waals surface area contributed by atoms with E-state index in [2.05, 4.69) is 20.6 Å². The van der Waals surface area contributed by atoms with E-state index < -0.39 is 0 Å². The average Bonchev–Trinajstić information content (AvgIpc) is 2.84. The van der Waals surface area contributed by atoms with E-state index in [1.54, 1.807) is 0 Å². The lowest BCUT2D eigenvalue weighted by atomic mass is 10.1. The number of H-pyrrole nitrogens is 1. The number of benzene rings is 1. The molecule has 3 N–H and O–H groups in total. The number of aromatic amines is 1. The van der Waals surface area contributed by atoms with Crippen molar-refractivity contribution in [2.75, 3.05) is 5.73 Å². The molecule has 2 aromatic heterocycles. The van der Waals surface area contributed by atoms with Gasteiger partial charge in [-0.1, -0.05) is 12.1 Å². The van der Waals surface area contributed by atoms with Crippen molar-refractivity contribution in [3.8, 4) is 11.3 Å². The Morgan fingerprint density at radius 3 is 3.00 bits per heavy atom. The van der Waals surface area contributed by atoms with Crippen LogP contribution in [0.5, 0.6) is 0 Å². The standard InChI is InChI=1S/C10H8N4S/c11-10-4-8(13-14-10)6-1-2-7-5-12-15-9(7)3-6/h1-5H,(H3,11,13,14). The second kappa shape index (κ2) is 3.06. The predicted octanol–water partition coefficient (Wildman–Crippen LogP) is 2.27. The predicted molar refractivity (Wildman–Crippen MR) is 61.6 cm³/mol. The summed E-state index contributed by atoms with van der Waals surface area (Å²) < 4.78 is 5.30. The molecule has 0 unspecified atom stereocenters. The molecule has 0 aliphatic rings. The molecule has 1 aromatic carbocycles. The summed E-state index contributed by atoms with van der Waals surface area (Å²) in [4.78, 5) is 0. The van der Waals surface area contributed by atoms with Crippen molar-refractivity contribution < 1.29 is 0 Å². The molecule has 0 spiro atoms. The number of nitrogens with one attached hydrogen (secondary N) is 1. The van der Waals surface area contributed by atoms with Crippen molar-refractivity contribution in [3.05, 3.63) is 30.5 Å². The molecule has 5 heteroatoms. The number of fused-ring (bicyclic) bond motifs is 1. The van der Waals surface area contributed by atoms with Gasteiger partial charge >= 0.3 is 0 Å². The minimum absolute atomic E-state index is 0.509. The van der Waals surface area contributed by atoms with Crippen LogP contribution in [-0.2, 0) is 0 Å². The fraction of sp³-hybridized carbons (Fsp3) is 0. The Kier molecular flexibility index (Phi) is 1.72. The van der Waals surface area contributed by atoms with E-state index in [1.165, 1.54) is 16.2 Å². The van der Waals surface area contributed by atoms with Crippen molar-refractivity contribution >= 4 is 27.4 Å². The second-order valence-corrected chi connectivity index (χ2v) is 4.12. The summed E-state index contributed by atoms with van der Waals surface area (Å²) in [6.07, 6.45) is 1.87. The van der Waals surface area contributed by atoms with E-state index in [0.717, 1.165) is 16.6 Å². The van der Waals surface area contributed by atoms with Crippen LogP contribution in [0.1, 0.15) is 0 Å². The van der Waals surface area contributed by atoms with Gasteiger partial charge in [0.05, 0.1) is 10.4 Å². The Morgan fingerprint density at radius 2 is 2.20 bits per heavy atom. The molecule has 0 aliphatic carbocycles. The molecule has 3 rings (SSSR count). The third-order valence-electron chi connectivity index (χ3n) is 2.27. The molecule has 74 valence electrons. The molecular formula is C10H8N4S. The molecule has 0 atom stereocenters. The van der Waals surface area contributed by atoms with Gasteiger partial charge in [0.15, 0.2) is 0 Å². The smallest absolute Gasteiger partial charge is 0.145 e. The quantitative estimate of drug-likeness (QED) is 0.655. The van der Waals surface area contributed by atoms with Gasteiger partial charge in [0.1, 0.15) is 5.82 Å². The van der Waals surface area contributed by atoms with Crippen molar-refractivity contribution in [3.63, 3.8) is 0 Å². The van der Waals surface area contributed by atoms with Crippen LogP contribution in [0.2, 0.25) is 0 Å². The maximum atomic E-state index is 5.56. The highest BCUT2D eigenvalue weighted by Crippen LogP contribution is 2.25. The van der Waals surface area contributed by atoms with Gasteiger partial charge in [0.25, 0.3) is 0 Å². The molecular weight excluding hydrogens is 208 g/mol. The van der Waals surface area contributed by atoms with E-state index in [4.69, 9.17) is 5.73 Å². The highest BCUT2D eigenvalue weighted by molar-refractivity contribution is 7.13. The zero-order valence-electron chi connectivity index (χ0n) is 7.77. The number of rotatable bonds is 1. The van der Waals surface area contributed by atoms with Crippen LogP contribution in [0.3, 0.4) is 0 Å². The van der Waals surface area contributed by atoms with Crippen LogP contribution >= 0.6 is 11.5 Å². The molecule has 2 heterocycles. The Labute approximate surface area is 89.9 Å². The first kappa shape index (κ1) is 8.43. The summed E-state index contributed by atoms with van der Waals surface area (Å²) in [5.74, 6) is 0.509. The lowest BCUT2D eigenvalue weighted by molar-refractivity contribution is 1.10. The first-order valence-corrected chi connectivity index (χ1v) is 5.26. The Bertz CT molecular complexity index is 610. The van der Waals surface area contributed by atoms with Gasteiger partial charge in [-0.2, -0.15) is 9.47 Å². The Morgan fingerprint density at radius 1 is 1.27 bits per heavy atom. The normalized spacial score (nSPS) is 10.9. The molecule has 3 aromatic rings. The second-order valence-electron chi connectivity index (χ2n) is 3.28. The number of nitrogens with two attached hydrogens (primary N) is 1. The molecule has 0 radical (unpaired) electrons. The average molecular weight is 216 g/mol. The largest absolute Gasteiger partial charge is 0.382 e. The summed E-state index contributed by atoms with van der Waals surface area (Å²) in [6, 6.07) is 7.98. The molecule has 0 amide bonds. The zero-order chi connectivity index (χ0) is 10.3. The topological polar surface area (TPSA) is 67.6 Å². The number of hydrogen-bond donors (Lipinski definition) is 2. The lowest BCUT2D eigenvalue weighted by Crippen LogP contribution is -1.81. The maximum absolute atomic E-state index is 5.56. The molecule has 0 fully saturated rings. The molecule has 0 bridgehead atoms. The summed E-state index contributed by atoms with van der Waals surface area (Å²) in [5.41, 5.74) is 7.57. The van der Waals surface area contributed by atoms with Crippen LogP contribution in [0.25, 0.3) is 21.3 Å². The number of nitrogen functional groups attached to an aromatic ring is 1.